The van der Waals surface area contributed by atoms with Crippen molar-refractivity contribution < 1.29 is 19.5 Å². The predicted molar refractivity (Wildman–Crippen MR) is 96.5 cm³/mol. The van der Waals surface area contributed by atoms with Crippen LogP contribution in [-0.2, 0) is 16.1 Å². The van der Waals surface area contributed by atoms with E-state index in [2.05, 4.69) is 10.4 Å². The SMILES string of the molecule is CC(C)[C@H](NC(=O)c1nn(CCCCC(=O)O)c2ccccc12)C(N)=O. The van der Waals surface area contributed by atoms with Crippen molar-refractivity contribution in [1.82, 2.24) is 15.1 Å². The van der Waals surface area contributed by atoms with Crippen molar-refractivity contribution in [3.8, 4) is 0 Å². The monoisotopic (exact) mass is 360 g/mol. The molecule has 2 rings (SSSR count). The summed E-state index contributed by atoms with van der Waals surface area (Å²) in [5.74, 6) is -2.02. The fourth-order valence-corrected chi connectivity index (χ4v) is 2.78. The van der Waals surface area contributed by atoms with Crippen LogP contribution < -0.4 is 11.1 Å². The maximum atomic E-state index is 12.6. The van der Waals surface area contributed by atoms with Gasteiger partial charge in [0.1, 0.15) is 6.04 Å². The van der Waals surface area contributed by atoms with E-state index >= 15 is 0 Å². The van der Waals surface area contributed by atoms with Crippen LogP contribution in [-0.4, -0.2) is 38.7 Å². The van der Waals surface area contributed by atoms with Gasteiger partial charge in [0.25, 0.3) is 5.91 Å². The van der Waals surface area contributed by atoms with Gasteiger partial charge in [0.2, 0.25) is 5.91 Å². The van der Waals surface area contributed by atoms with E-state index in [1.807, 2.05) is 18.2 Å². The summed E-state index contributed by atoms with van der Waals surface area (Å²) in [7, 11) is 0. The van der Waals surface area contributed by atoms with Crippen LogP contribution in [0.3, 0.4) is 0 Å². The number of fused-ring (bicyclic) bond motifs is 1. The number of hydrogen-bond donors (Lipinski definition) is 3. The molecule has 4 N–H and O–H groups in total. The Bertz CT molecular complexity index is 813. The number of carbonyl (C=O) groups is 3. The molecule has 0 saturated heterocycles. The highest BCUT2D eigenvalue weighted by Crippen LogP contribution is 2.19. The highest BCUT2D eigenvalue weighted by atomic mass is 16.4. The van der Waals surface area contributed by atoms with Gasteiger partial charge in [-0.1, -0.05) is 32.0 Å². The largest absolute Gasteiger partial charge is 0.481 e. The number of carbonyl (C=O) groups excluding carboxylic acids is 2. The molecule has 1 aromatic heterocycles. The van der Waals surface area contributed by atoms with Crippen molar-refractivity contribution in [1.29, 1.82) is 0 Å². The summed E-state index contributed by atoms with van der Waals surface area (Å²) in [6, 6.07) is 6.52. The first-order chi connectivity index (χ1) is 12.3. The minimum Gasteiger partial charge on any atom is -0.481 e. The summed E-state index contributed by atoms with van der Waals surface area (Å²) in [4.78, 5) is 34.8. The van der Waals surface area contributed by atoms with Gasteiger partial charge in [-0.05, 0) is 24.8 Å². The average Bonchev–Trinajstić information content (AvgIpc) is 2.94. The van der Waals surface area contributed by atoms with Crippen molar-refractivity contribution in [3.63, 3.8) is 0 Å². The second kappa shape index (κ2) is 8.46. The number of nitrogens with one attached hydrogen (secondary N) is 1. The molecule has 8 heteroatoms. The molecule has 0 bridgehead atoms. The number of benzene rings is 1. The maximum absolute atomic E-state index is 12.6. The van der Waals surface area contributed by atoms with Gasteiger partial charge in [0.15, 0.2) is 5.69 Å². The Hall–Kier alpha value is -2.90. The Balaban J connectivity index is 2.23. The molecule has 2 amide bonds. The van der Waals surface area contributed by atoms with Crippen molar-refractivity contribution in [2.45, 2.75) is 45.7 Å². The van der Waals surface area contributed by atoms with E-state index in [0.29, 0.717) is 24.8 Å². The van der Waals surface area contributed by atoms with Crippen molar-refractivity contribution in [2.75, 3.05) is 0 Å². The molecule has 0 aliphatic carbocycles. The highest BCUT2D eigenvalue weighted by molar-refractivity contribution is 6.06. The molecule has 8 nitrogen and oxygen atoms in total. The number of para-hydroxylation sites is 1. The standard InChI is InChI=1S/C18H24N4O4/c1-11(2)15(17(19)25)20-18(26)16-12-7-3-4-8-13(12)22(21-16)10-6-5-9-14(23)24/h3-4,7-8,11,15H,5-6,9-10H2,1-2H3,(H2,19,25)(H,20,26)(H,23,24)/t15-/m0/s1. The fourth-order valence-electron chi connectivity index (χ4n) is 2.78. The lowest BCUT2D eigenvalue weighted by Gasteiger charge is -2.18. The number of amides is 2. The molecule has 140 valence electrons. The number of unbranched alkanes of at least 4 members (excludes halogenated alkanes) is 1. The lowest BCUT2D eigenvalue weighted by molar-refractivity contribution is -0.137. The Morgan fingerprint density at radius 2 is 1.92 bits per heavy atom. The number of nitrogens with two attached hydrogens (primary N) is 1. The van der Waals surface area contributed by atoms with Crippen LogP contribution in [0.4, 0.5) is 0 Å². The van der Waals surface area contributed by atoms with Gasteiger partial charge < -0.3 is 16.2 Å². The predicted octanol–water partition coefficient (Wildman–Crippen LogP) is 1.53. The van der Waals surface area contributed by atoms with Gasteiger partial charge >= 0.3 is 5.97 Å². The molecule has 0 radical (unpaired) electrons. The minimum absolute atomic E-state index is 0.0984. The van der Waals surface area contributed by atoms with Crippen LogP contribution in [0.15, 0.2) is 24.3 Å². The molecular weight excluding hydrogens is 336 g/mol. The Labute approximate surface area is 151 Å². The number of hydrogen-bond acceptors (Lipinski definition) is 4. The zero-order valence-corrected chi connectivity index (χ0v) is 14.9. The van der Waals surface area contributed by atoms with Crippen LogP contribution in [0.2, 0.25) is 0 Å². The number of nitrogens with zero attached hydrogens (tertiary/aromatic N) is 2. The third-order valence-corrected chi connectivity index (χ3v) is 4.14. The lowest BCUT2D eigenvalue weighted by Crippen LogP contribution is -2.47. The molecule has 2 aromatic rings. The fraction of sp³-hybridized carbons (Fsp3) is 0.444. The van der Waals surface area contributed by atoms with E-state index < -0.39 is 23.8 Å². The van der Waals surface area contributed by atoms with Gasteiger partial charge in [0, 0.05) is 18.4 Å². The van der Waals surface area contributed by atoms with Crippen LogP contribution in [0.25, 0.3) is 10.9 Å². The van der Waals surface area contributed by atoms with Crippen LogP contribution in [0.1, 0.15) is 43.6 Å². The quantitative estimate of drug-likeness (QED) is 0.584. The zero-order valence-electron chi connectivity index (χ0n) is 14.9. The first-order valence-corrected chi connectivity index (χ1v) is 8.58. The smallest absolute Gasteiger partial charge is 0.303 e. The number of carboxylic acid groups (broad SMARTS) is 1. The normalized spacial score (nSPS) is 12.3. The van der Waals surface area contributed by atoms with E-state index in [1.165, 1.54) is 0 Å². The van der Waals surface area contributed by atoms with Crippen LogP contribution in [0, 0.1) is 5.92 Å². The number of carboxylic acids is 1. The molecule has 0 spiro atoms. The Morgan fingerprint density at radius 1 is 1.23 bits per heavy atom. The zero-order chi connectivity index (χ0) is 19.3. The molecule has 26 heavy (non-hydrogen) atoms. The Kier molecular flexibility index (Phi) is 6.32. The highest BCUT2D eigenvalue weighted by Gasteiger charge is 2.25. The molecule has 1 atom stereocenters. The number of aryl methyl sites for hydroxylation is 1. The van der Waals surface area contributed by atoms with E-state index in [-0.39, 0.29) is 18.0 Å². The Morgan fingerprint density at radius 3 is 2.54 bits per heavy atom. The number of rotatable bonds is 9. The minimum atomic E-state index is -0.832. The molecule has 0 saturated carbocycles. The summed E-state index contributed by atoms with van der Waals surface area (Å²) in [5.41, 5.74) is 6.37. The second-order valence-corrected chi connectivity index (χ2v) is 6.54. The average molecular weight is 360 g/mol. The summed E-state index contributed by atoms with van der Waals surface area (Å²) in [5, 5.41) is 16.4. The molecule has 1 aromatic carbocycles. The summed E-state index contributed by atoms with van der Waals surface area (Å²) < 4.78 is 1.70. The van der Waals surface area contributed by atoms with Crippen LogP contribution in [0.5, 0.6) is 0 Å². The van der Waals surface area contributed by atoms with E-state index in [9.17, 15) is 14.4 Å². The number of aromatic nitrogens is 2. The molecule has 1 heterocycles. The first kappa shape index (κ1) is 19.4. The van der Waals surface area contributed by atoms with Gasteiger partial charge in [-0.15, -0.1) is 0 Å². The number of primary amides is 1. The van der Waals surface area contributed by atoms with Crippen molar-refractivity contribution >= 4 is 28.7 Å². The molecule has 0 unspecified atom stereocenters. The van der Waals surface area contributed by atoms with E-state index in [4.69, 9.17) is 10.8 Å². The van der Waals surface area contributed by atoms with Gasteiger partial charge in [-0.2, -0.15) is 5.10 Å². The summed E-state index contributed by atoms with van der Waals surface area (Å²) >= 11 is 0. The number of aliphatic carboxylic acids is 1. The molecular formula is C18H24N4O4. The van der Waals surface area contributed by atoms with Crippen LogP contribution >= 0.6 is 0 Å². The van der Waals surface area contributed by atoms with Gasteiger partial charge in [0.05, 0.1) is 5.52 Å². The van der Waals surface area contributed by atoms with Crippen molar-refractivity contribution in [3.05, 3.63) is 30.0 Å². The first-order valence-electron chi connectivity index (χ1n) is 8.58. The summed E-state index contributed by atoms with van der Waals surface area (Å²) in [6.45, 7) is 4.11. The van der Waals surface area contributed by atoms with Crippen molar-refractivity contribution in [2.24, 2.45) is 11.7 Å². The van der Waals surface area contributed by atoms with E-state index in [0.717, 1.165) is 5.52 Å². The third kappa shape index (κ3) is 4.59. The van der Waals surface area contributed by atoms with E-state index in [1.54, 1.807) is 24.6 Å². The third-order valence-electron chi connectivity index (χ3n) is 4.14. The molecule has 0 fully saturated rings. The topological polar surface area (TPSA) is 127 Å². The summed E-state index contributed by atoms with van der Waals surface area (Å²) in [6.07, 6.45) is 1.26. The van der Waals surface area contributed by atoms with Gasteiger partial charge in [-0.3, -0.25) is 19.1 Å². The maximum Gasteiger partial charge on any atom is 0.303 e. The second-order valence-electron chi connectivity index (χ2n) is 6.54. The van der Waals surface area contributed by atoms with Gasteiger partial charge in [-0.25, -0.2) is 0 Å². The molecule has 0 aliphatic heterocycles. The molecule has 0 aliphatic rings. The lowest BCUT2D eigenvalue weighted by atomic mass is 10.0.